The number of nitrogens with zero attached hydrogens (tertiary/aromatic N) is 5. The van der Waals surface area contributed by atoms with E-state index in [0.717, 1.165) is 32.2 Å². The van der Waals surface area contributed by atoms with Crippen LogP contribution >= 0.6 is 0 Å². The Labute approximate surface area is 275 Å². The van der Waals surface area contributed by atoms with Gasteiger partial charge in [-0.15, -0.1) is 0 Å². The highest BCUT2D eigenvalue weighted by molar-refractivity contribution is 6.01. The van der Waals surface area contributed by atoms with Gasteiger partial charge in [-0.3, -0.25) is 14.7 Å². The molecule has 0 spiro atoms. The Hall–Kier alpha value is -4.19. The van der Waals surface area contributed by atoms with Crippen LogP contribution in [-0.2, 0) is 11.2 Å². The molecule has 9 nitrogen and oxygen atoms in total. The van der Waals surface area contributed by atoms with Gasteiger partial charge < -0.3 is 19.8 Å². The summed E-state index contributed by atoms with van der Waals surface area (Å²) in [5.41, 5.74) is -0.772. The zero-order valence-electron chi connectivity index (χ0n) is 26.8. The van der Waals surface area contributed by atoms with Crippen molar-refractivity contribution < 1.29 is 32.9 Å². The first kappa shape index (κ1) is 31.1. The van der Waals surface area contributed by atoms with E-state index in [1.807, 2.05) is 11.8 Å². The van der Waals surface area contributed by atoms with Crippen molar-refractivity contribution in [3.8, 4) is 23.0 Å². The molecule has 8 rings (SSSR count). The number of hydrogen-bond acceptors (Lipinski definition) is 8. The largest absolute Gasteiger partial charge is 0.508 e. The second-order valence-electron chi connectivity index (χ2n) is 14.1. The number of aromatic hydroxyl groups is 1. The Morgan fingerprint density at radius 2 is 1.96 bits per heavy atom. The summed E-state index contributed by atoms with van der Waals surface area (Å²) in [4.78, 5) is 30.2. The second kappa shape index (κ2) is 11.5. The summed E-state index contributed by atoms with van der Waals surface area (Å²) in [5, 5.41) is 22.0. The van der Waals surface area contributed by atoms with E-state index in [-0.39, 0.29) is 41.1 Å². The summed E-state index contributed by atoms with van der Waals surface area (Å²) in [7, 11) is 0. The smallest absolute Gasteiger partial charge is 0.319 e. The average Bonchev–Trinajstić information content (AvgIpc) is 3.46. The first-order chi connectivity index (χ1) is 23.1. The predicted molar refractivity (Wildman–Crippen MR) is 174 cm³/mol. The molecular weight excluding hydrogens is 623 g/mol. The number of aryl methyl sites for hydroxylation is 1. The Morgan fingerprint density at radius 3 is 2.77 bits per heavy atom. The van der Waals surface area contributed by atoms with E-state index < -0.39 is 34.7 Å². The van der Waals surface area contributed by atoms with Crippen molar-refractivity contribution in [1.82, 2.24) is 19.9 Å². The van der Waals surface area contributed by atoms with Crippen LogP contribution in [0.5, 0.6) is 11.8 Å². The molecule has 4 aromatic rings. The molecule has 48 heavy (non-hydrogen) atoms. The van der Waals surface area contributed by atoms with Gasteiger partial charge in [0, 0.05) is 37.8 Å². The molecule has 4 atom stereocenters. The van der Waals surface area contributed by atoms with Crippen LogP contribution in [0.15, 0.2) is 30.5 Å². The number of fused-ring (bicyclic) bond motifs is 4. The molecule has 12 heteroatoms. The number of carboxylic acid groups (broad SMARTS) is 1. The molecule has 1 saturated carbocycles. The highest BCUT2D eigenvalue weighted by Gasteiger charge is 2.59. The summed E-state index contributed by atoms with van der Waals surface area (Å²) in [6.45, 7) is 4.08. The second-order valence-corrected chi connectivity index (χ2v) is 14.1. The molecule has 2 N–H and O–H groups in total. The third-order valence-corrected chi connectivity index (χ3v) is 11.4. The number of aliphatic carboxylic acids is 1. The number of pyridine rings is 1. The van der Waals surface area contributed by atoms with Crippen LogP contribution in [-0.4, -0.2) is 80.5 Å². The van der Waals surface area contributed by atoms with Crippen LogP contribution in [0.4, 0.5) is 19.0 Å². The zero-order chi connectivity index (χ0) is 33.4. The summed E-state index contributed by atoms with van der Waals surface area (Å²) >= 11 is 0. The Balaban J connectivity index is 1.26. The Bertz CT molecular complexity index is 1960. The minimum absolute atomic E-state index is 0.0548. The van der Waals surface area contributed by atoms with Gasteiger partial charge in [-0.2, -0.15) is 9.97 Å². The standard InChI is InChI=1S/C36H38F3N5O4/c1-2-24-27(38)7-6-20-13-23(45)14-25(28(20)24)30-29(39)31-26(17-40-30)32(43-10-3-5-21-15-36(21,9-12-43)33(46)47)42-34(41-31)48-19-35-8-4-11-44(35)18-22(37)16-35/h6-7,13-14,17,21-22,45H,2-5,8-12,15-16,18-19H2,1H3,(H,46,47)/t21?,22-,35+,36?/m1/s1. The lowest BCUT2D eigenvalue weighted by Gasteiger charge is -2.31. The van der Waals surface area contributed by atoms with E-state index in [4.69, 9.17) is 9.72 Å². The number of phenols is 1. The molecule has 0 bridgehead atoms. The van der Waals surface area contributed by atoms with Crippen LogP contribution in [0, 0.1) is 23.0 Å². The first-order valence-electron chi connectivity index (χ1n) is 16.9. The topological polar surface area (TPSA) is 112 Å². The van der Waals surface area contributed by atoms with Crippen molar-refractivity contribution in [2.75, 3.05) is 37.7 Å². The van der Waals surface area contributed by atoms with Crippen LogP contribution in [0.2, 0.25) is 0 Å². The molecule has 2 aromatic heterocycles. The molecule has 4 aliphatic rings. The number of hydrogen-bond donors (Lipinski definition) is 2. The van der Waals surface area contributed by atoms with Gasteiger partial charge in [0.15, 0.2) is 5.82 Å². The lowest BCUT2D eigenvalue weighted by molar-refractivity contribution is -0.144. The summed E-state index contributed by atoms with van der Waals surface area (Å²) < 4.78 is 52.7. The van der Waals surface area contributed by atoms with Gasteiger partial charge in [-0.25, -0.2) is 13.2 Å². The fourth-order valence-electron chi connectivity index (χ4n) is 8.82. The van der Waals surface area contributed by atoms with E-state index in [9.17, 15) is 23.8 Å². The molecule has 3 saturated heterocycles. The molecule has 3 aliphatic heterocycles. The third-order valence-electron chi connectivity index (χ3n) is 11.4. The number of halogens is 3. The number of carbonyl (C=O) groups is 1. The summed E-state index contributed by atoms with van der Waals surface area (Å²) in [5.74, 6) is -1.56. The van der Waals surface area contributed by atoms with Crippen molar-refractivity contribution in [3.63, 3.8) is 0 Å². The number of carboxylic acids is 1. The lowest BCUT2D eigenvalue weighted by atomic mass is 9.94. The van der Waals surface area contributed by atoms with Gasteiger partial charge in [0.25, 0.3) is 0 Å². The van der Waals surface area contributed by atoms with Gasteiger partial charge >= 0.3 is 12.0 Å². The maximum Gasteiger partial charge on any atom is 0.319 e. The first-order valence-corrected chi connectivity index (χ1v) is 16.9. The highest BCUT2D eigenvalue weighted by Crippen LogP contribution is 2.58. The van der Waals surface area contributed by atoms with E-state index in [1.165, 1.54) is 24.4 Å². The predicted octanol–water partition coefficient (Wildman–Crippen LogP) is 6.43. The van der Waals surface area contributed by atoms with E-state index in [1.54, 1.807) is 6.07 Å². The zero-order valence-corrected chi connectivity index (χ0v) is 26.8. The van der Waals surface area contributed by atoms with Gasteiger partial charge in [0.1, 0.15) is 41.4 Å². The number of ether oxygens (including phenoxy) is 1. The average molecular weight is 662 g/mol. The minimum Gasteiger partial charge on any atom is -0.508 e. The van der Waals surface area contributed by atoms with Crippen molar-refractivity contribution >= 4 is 33.5 Å². The van der Waals surface area contributed by atoms with Crippen molar-refractivity contribution in [1.29, 1.82) is 0 Å². The van der Waals surface area contributed by atoms with Crippen molar-refractivity contribution in [2.45, 2.75) is 70.0 Å². The van der Waals surface area contributed by atoms with Gasteiger partial charge in [-0.1, -0.05) is 13.0 Å². The van der Waals surface area contributed by atoms with E-state index in [0.29, 0.717) is 72.9 Å². The molecule has 2 aromatic carbocycles. The van der Waals surface area contributed by atoms with E-state index in [2.05, 4.69) is 14.9 Å². The maximum atomic E-state index is 16.9. The number of alkyl halides is 1. The van der Waals surface area contributed by atoms with Gasteiger partial charge in [0.2, 0.25) is 0 Å². The fourth-order valence-corrected chi connectivity index (χ4v) is 8.82. The molecule has 0 amide bonds. The Kier molecular flexibility index (Phi) is 7.43. The molecule has 5 heterocycles. The highest BCUT2D eigenvalue weighted by atomic mass is 19.1. The maximum absolute atomic E-state index is 16.9. The molecular formula is C36H38F3N5O4. The molecule has 0 radical (unpaired) electrons. The molecule has 4 fully saturated rings. The lowest BCUT2D eigenvalue weighted by Crippen LogP contribution is -2.43. The van der Waals surface area contributed by atoms with Gasteiger partial charge in [-0.05, 0) is 91.9 Å². The SMILES string of the molecule is CCc1c(F)ccc2cc(O)cc(-c3ncc4c(N5CCCC6CC6(C(=O)O)CC5)nc(OC[C@@]56CCCN5C[C@H](F)C6)nc4c3F)c12. The van der Waals surface area contributed by atoms with Crippen LogP contribution in [0.3, 0.4) is 0 Å². The van der Waals surface area contributed by atoms with Crippen LogP contribution < -0.4 is 9.64 Å². The van der Waals surface area contributed by atoms with Gasteiger partial charge in [0.05, 0.1) is 16.3 Å². The normalized spacial score (nSPS) is 27.1. The molecule has 1 aliphatic carbocycles. The molecule has 252 valence electrons. The fraction of sp³-hybridized carbons (Fsp3) is 0.500. The number of benzene rings is 2. The number of rotatable bonds is 7. The van der Waals surface area contributed by atoms with Crippen molar-refractivity contribution in [3.05, 3.63) is 47.7 Å². The minimum atomic E-state index is -0.947. The number of aromatic nitrogens is 3. The summed E-state index contributed by atoms with van der Waals surface area (Å²) in [6, 6.07) is 5.72. The quantitative estimate of drug-likeness (QED) is 0.232. The number of anilines is 1. The number of phenolic OH excluding ortho intramolecular Hbond substituents is 1. The summed E-state index contributed by atoms with van der Waals surface area (Å²) in [6.07, 6.45) is 5.54. The van der Waals surface area contributed by atoms with Crippen molar-refractivity contribution in [2.24, 2.45) is 11.3 Å². The van der Waals surface area contributed by atoms with Crippen LogP contribution in [0.25, 0.3) is 32.9 Å². The third kappa shape index (κ3) is 4.93. The molecule has 2 unspecified atom stereocenters. The monoisotopic (exact) mass is 661 g/mol. The van der Waals surface area contributed by atoms with E-state index >= 15 is 4.39 Å². The van der Waals surface area contributed by atoms with Crippen LogP contribution in [0.1, 0.15) is 57.4 Å². The Morgan fingerprint density at radius 1 is 1.10 bits per heavy atom.